The molecule has 5 aromatic rings. The van der Waals surface area contributed by atoms with Gasteiger partial charge in [-0.2, -0.15) is 0 Å². The number of thioether (sulfide) groups is 1. The van der Waals surface area contributed by atoms with E-state index < -0.39 is 0 Å². The molecule has 0 aliphatic carbocycles. The van der Waals surface area contributed by atoms with E-state index in [9.17, 15) is 4.79 Å². The predicted octanol–water partition coefficient (Wildman–Crippen LogP) is 5.79. The first-order valence-corrected chi connectivity index (χ1v) is 12.3. The van der Waals surface area contributed by atoms with Gasteiger partial charge in [0.2, 0.25) is 0 Å². The molecule has 3 aromatic carbocycles. The number of rotatable bonds is 7. The molecule has 0 bridgehead atoms. The lowest BCUT2D eigenvalue weighted by molar-refractivity contribution is 0.102. The second-order valence-corrected chi connectivity index (χ2v) is 9.86. The number of aromatic nitrogens is 4. The van der Waals surface area contributed by atoms with Crippen molar-refractivity contribution in [3.8, 4) is 0 Å². The average molecular weight is 472 g/mol. The first-order chi connectivity index (χ1) is 16.1. The van der Waals surface area contributed by atoms with Gasteiger partial charge >= 0.3 is 0 Å². The smallest absolute Gasteiger partial charge is 0.255 e. The summed E-state index contributed by atoms with van der Waals surface area (Å²) in [7, 11) is 0. The highest BCUT2D eigenvalue weighted by molar-refractivity contribution is 8.00. The molecule has 164 valence electrons. The van der Waals surface area contributed by atoms with Gasteiger partial charge in [-0.25, -0.2) is 9.67 Å². The summed E-state index contributed by atoms with van der Waals surface area (Å²) in [6.07, 6.45) is 1.96. The molecule has 1 amide bonds. The van der Waals surface area contributed by atoms with E-state index in [0.717, 1.165) is 38.1 Å². The van der Waals surface area contributed by atoms with E-state index in [-0.39, 0.29) is 5.91 Å². The van der Waals surface area contributed by atoms with E-state index in [1.807, 2.05) is 84.5 Å². The van der Waals surface area contributed by atoms with Crippen LogP contribution in [0.15, 0.2) is 83.3 Å². The highest BCUT2D eigenvalue weighted by Crippen LogP contribution is 2.30. The van der Waals surface area contributed by atoms with Crippen LogP contribution in [0.1, 0.15) is 27.2 Å². The third kappa shape index (κ3) is 5.13. The summed E-state index contributed by atoms with van der Waals surface area (Å²) in [6.45, 7) is 2.57. The molecule has 8 heteroatoms. The van der Waals surface area contributed by atoms with Crippen molar-refractivity contribution < 1.29 is 4.79 Å². The number of anilines is 1. The molecular formula is C25H21N5OS2. The number of carbonyl (C=O) groups excluding carboxylic acids is 1. The van der Waals surface area contributed by atoms with Crippen molar-refractivity contribution in [3.63, 3.8) is 0 Å². The van der Waals surface area contributed by atoms with Gasteiger partial charge in [0.05, 0.1) is 22.5 Å². The quantitative estimate of drug-likeness (QED) is 0.304. The molecular weight excluding hydrogens is 450 g/mol. The lowest BCUT2D eigenvalue weighted by Crippen LogP contribution is -2.12. The molecule has 2 heterocycles. The van der Waals surface area contributed by atoms with Crippen LogP contribution in [0.4, 0.5) is 5.69 Å². The van der Waals surface area contributed by atoms with Gasteiger partial charge < -0.3 is 5.32 Å². The molecule has 0 radical (unpaired) electrons. The van der Waals surface area contributed by atoms with Gasteiger partial charge in [0, 0.05) is 23.2 Å². The first-order valence-electron chi connectivity index (χ1n) is 10.5. The minimum absolute atomic E-state index is 0.120. The summed E-state index contributed by atoms with van der Waals surface area (Å²) < 4.78 is 4.04. The topological polar surface area (TPSA) is 72.7 Å². The Hall–Kier alpha value is -3.49. The summed E-state index contributed by atoms with van der Waals surface area (Å²) in [5.74, 6) is 0.600. The number of carbonyl (C=O) groups is 1. The Kier molecular flexibility index (Phi) is 6.19. The third-order valence-electron chi connectivity index (χ3n) is 5.16. The van der Waals surface area contributed by atoms with Crippen LogP contribution in [0.3, 0.4) is 0 Å². The number of aryl methyl sites for hydroxylation is 1. The van der Waals surface area contributed by atoms with Gasteiger partial charge in [-0.3, -0.25) is 4.79 Å². The van der Waals surface area contributed by atoms with Crippen molar-refractivity contribution in [3.05, 3.63) is 101 Å². The fourth-order valence-corrected chi connectivity index (χ4v) is 5.33. The SMILES string of the molecule is Cc1ccccc1NC(=O)c1ccc(Cn2cc(CSc3nc4ccccc4s3)nn2)cc1. The van der Waals surface area contributed by atoms with E-state index in [4.69, 9.17) is 0 Å². The van der Waals surface area contributed by atoms with Gasteiger partial charge in [-0.15, -0.1) is 16.4 Å². The van der Waals surface area contributed by atoms with Gasteiger partial charge in [0.1, 0.15) is 0 Å². The normalized spacial score (nSPS) is 11.1. The number of para-hydroxylation sites is 2. The van der Waals surface area contributed by atoms with E-state index in [1.54, 1.807) is 23.1 Å². The lowest BCUT2D eigenvalue weighted by Gasteiger charge is -2.08. The van der Waals surface area contributed by atoms with Gasteiger partial charge in [0.25, 0.3) is 5.91 Å². The number of thiazole rings is 1. The molecule has 0 unspecified atom stereocenters. The number of hydrogen-bond acceptors (Lipinski definition) is 6. The maximum absolute atomic E-state index is 12.5. The molecule has 0 saturated heterocycles. The van der Waals surface area contributed by atoms with E-state index >= 15 is 0 Å². The summed E-state index contributed by atoms with van der Waals surface area (Å²) >= 11 is 3.37. The van der Waals surface area contributed by atoms with Crippen LogP contribution in [0, 0.1) is 6.92 Å². The molecule has 0 spiro atoms. The second kappa shape index (κ2) is 9.56. The Morgan fingerprint density at radius 2 is 1.82 bits per heavy atom. The molecule has 33 heavy (non-hydrogen) atoms. The van der Waals surface area contributed by atoms with Crippen LogP contribution in [0.5, 0.6) is 0 Å². The Bertz CT molecular complexity index is 1370. The van der Waals surface area contributed by atoms with Crippen LogP contribution < -0.4 is 5.32 Å². The standard InChI is InChI=1S/C25H21N5OS2/c1-17-6-2-3-7-21(17)26-24(31)19-12-10-18(11-13-19)14-30-15-20(28-29-30)16-32-25-27-22-8-4-5-9-23(22)33-25/h2-13,15H,14,16H2,1H3,(H,26,31). The van der Waals surface area contributed by atoms with Crippen LogP contribution in [-0.2, 0) is 12.3 Å². The van der Waals surface area contributed by atoms with Gasteiger partial charge in [0.15, 0.2) is 4.34 Å². The number of amides is 1. The van der Waals surface area contributed by atoms with Gasteiger partial charge in [-0.05, 0) is 48.4 Å². The zero-order chi connectivity index (χ0) is 22.6. The summed E-state index contributed by atoms with van der Waals surface area (Å²) in [4.78, 5) is 17.2. The lowest BCUT2D eigenvalue weighted by atomic mass is 10.1. The van der Waals surface area contributed by atoms with Crippen LogP contribution in [0.25, 0.3) is 10.2 Å². The van der Waals surface area contributed by atoms with Crippen LogP contribution in [0.2, 0.25) is 0 Å². The number of nitrogens with one attached hydrogen (secondary N) is 1. The fraction of sp³-hybridized carbons (Fsp3) is 0.120. The van der Waals surface area contributed by atoms with Crippen molar-refractivity contribution in [1.29, 1.82) is 0 Å². The average Bonchev–Trinajstić information content (AvgIpc) is 3.46. The molecule has 0 fully saturated rings. The summed E-state index contributed by atoms with van der Waals surface area (Å²) in [5.41, 5.74) is 5.47. The summed E-state index contributed by atoms with van der Waals surface area (Å²) in [6, 6.07) is 23.5. The highest BCUT2D eigenvalue weighted by Gasteiger charge is 2.09. The number of hydrogen-bond donors (Lipinski definition) is 1. The zero-order valence-electron chi connectivity index (χ0n) is 17.9. The molecule has 0 aliphatic rings. The number of benzene rings is 3. The minimum atomic E-state index is -0.120. The van der Waals surface area contributed by atoms with Gasteiger partial charge in [-0.1, -0.05) is 59.4 Å². The minimum Gasteiger partial charge on any atom is -0.322 e. The largest absolute Gasteiger partial charge is 0.322 e. The predicted molar refractivity (Wildman–Crippen MR) is 134 cm³/mol. The molecule has 0 aliphatic heterocycles. The van der Waals surface area contributed by atoms with E-state index in [1.165, 1.54) is 4.70 Å². The molecule has 1 N–H and O–H groups in total. The van der Waals surface area contributed by atoms with Crippen molar-refractivity contribution in [1.82, 2.24) is 20.0 Å². The maximum Gasteiger partial charge on any atom is 0.255 e. The Labute approximate surface area is 199 Å². The van der Waals surface area contributed by atoms with Crippen LogP contribution in [-0.4, -0.2) is 25.9 Å². The molecule has 6 nitrogen and oxygen atoms in total. The number of fused-ring (bicyclic) bond motifs is 1. The zero-order valence-corrected chi connectivity index (χ0v) is 19.6. The Morgan fingerprint density at radius 3 is 2.64 bits per heavy atom. The Balaban J connectivity index is 1.18. The monoisotopic (exact) mass is 471 g/mol. The molecule has 0 atom stereocenters. The number of nitrogens with zero attached hydrogens (tertiary/aromatic N) is 4. The summed E-state index contributed by atoms with van der Waals surface area (Å²) in [5, 5.41) is 11.5. The van der Waals surface area contributed by atoms with Crippen LogP contribution >= 0.6 is 23.1 Å². The van der Waals surface area contributed by atoms with Crippen molar-refractivity contribution in [2.45, 2.75) is 23.6 Å². The first kappa shape index (κ1) is 21.4. The second-order valence-electron chi connectivity index (χ2n) is 7.61. The van der Waals surface area contributed by atoms with Crippen molar-refractivity contribution >= 4 is 44.9 Å². The maximum atomic E-state index is 12.5. The van der Waals surface area contributed by atoms with Crippen molar-refractivity contribution in [2.75, 3.05) is 5.32 Å². The highest BCUT2D eigenvalue weighted by atomic mass is 32.2. The Morgan fingerprint density at radius 1 is 1.03 bits per heavy atom. The van der Waals surface area contributed by atoms with E-state index in [2.05, 4.69) is 26.7 Å². The molecule has 5 rings (SSSR count). The molecule has 2 aromatic heterocycles. The third-order valence-corrected chi connectivity index (χ3v) is 7.37. The van der Waals surface area contributed by atoms with Crippen molar-refractivity contribution in [2.24, 2.45) is 0 Å². The fourth-order valence-electron chi connectivity index (χ4n) is 3.39. The van der Waals surface area contributed by atoms with E-state index in [0.29, 0.717) is 12.1 Å². The molecule has 0 saturated carbocycles.